The highest BCUT2D eigenvalue weighted by molar-refractivity contribution is 5.94. The number of amides is 3. The third kappa shape index (κ3) is 7.45. The van der Waals surface area contributed by atoms with Crippen LogP contribution >= 0.6 is 0 Å². The molecule has 0 heterocycles. The van der Waals surface area contributed by atoms with Crippen LogP contribution in [0.5, 0.6) is 0 Å². The first kappa shape index (κ1) is 21.6. The van der Waals surface area contributed by atoms with E-state index in [1.54, 1.807) is 54.6 Å². The third-order valence-corrected chi connectivity index (χ3v) is 4.00. The number of ether oxygens (including phenoxy) is 1. The molecule has 3 amide bonds. The number of esters is 1. The largest absolute Gasteiger partial charge is 0.456 e. The first-order chi connectivity index (χ1) is 14.0. The van der Waals surface area contributed by atoms with Crippen LogP contribution in [0.1, 0.15) is 28.4 Å². The molecule has 0 fully saturated rings. The molecule has 8 nitrogen and oxygen atoms in total. The highest BCUT2D eigenvalue weighted by Gasteiger charge is 2.20. The Morgan fingerprint density at radius 1 is 0.897 bits per heavy atom. The van der Waals surface area contributed by atoms with Gasteiger partial charge in [0.2, 0.25) is 5.91 Å². The van der Waals surface area contributed by atoms with E-state index in [4.69, 9.17) is 4.74 Å². The van der Waals surface area contributed by atoms with E-state index in [1.165, 1.54) is 7.05 Å². The summed E-state index contributed by atoms with van der Waals surface area (Å²) in [5.41, 5.74) is 1.20. The lowest BCUT2D eigenvalue weighted by Gasteiger charge is -2.18. The van der Waals surface area contributed by atoms with Crippen LogP contribution in [-0.4, -0.2) is 43.9 Å². The van der Waals surface area contributed by atoms with Gasteiger partial charge in [-0.25, -0.2) is 0 Å². The minimum Gasteiger partial charge on any atom is -0.456 e. The van der Waals surface area contributed by atoms with Gasteiger partial charge in [0, 0.05) is 12.6 Å². The summed E-state index contributed by atoms with van der Waals surface area (Å²) in [6.45, 7) is -0.712. The molecule has 2 rings (SSSR count). The minimum absolute atomic E-state index is 0.148. The van der Waals surface area contributed by atoms with E-state index in [0.29, 0.717) is 5.56 Å². The van der Waals surface area contributed by atoms with Crippen molar-refractivity contribution in [2.75, 3.05) is 20.2 Å². The van der Waals surface area contributed by atoms with Crippen molar-refractivity contribution >= 4 is 23.7 Å². The summed E-state index contributed by atoms with van der Waals surface area (Å²) in [7, 11) is 1.45. The predicted octanol–water partition coefficient (Wildman–Crippen LogP) is 0.953. The molecule has 0 aliphatic carbocycles. The lowest BCUT2D eigenvalue weighted by molar-refractivity contribution is -0.149. The van der Waals surface area contributed by atoms with E-state index in [-0.39, 0.29) is 24.8 Å². The molecule has 0 aromatic heterocycles. The number of carbonyl (C=O) groups excluding carboxylic acids is 4. The molecule has 152 valence electrons. The molecule has 0 aliphatic rings. The van der Waals surface area contributed by atoms with Crippen molar-refractivity contribution in [3.63, 3.8) is 0 Å². The number of hydrogen-bond donors (Lipinski definition) is 3. The summed E-state index contributed by atoms with van der Waals surface area (Å²) < 4.78 is 4.98. The molecule has 0 aliphatic heterocycles. The molecule has 0 bridgehead atoms. The SMILES string of the molecule is CNC(=O)CNC(=O)COC(=O)C[C@H](NC(=O)c1ccccc1)c1ccccc1. The Kier molecular flexibility index (Phi) is 8.37. The van der Waals surface area contributed by atoms with Gasteiger partial charge in [-0.15, -0.1) is 0 Å². The maximum Gasteiger partial charge on any atom is 0.308 e. The Labute approximate surface area is 168 Å². The van der Waals surface area contributed by atoms with Crippen LogP contribution in [0.3, 0.4) is 0 Å². The van der Waals surface area contributed by atoms with Crippen LogP contribution in [0.25, 0.3) is 0 Å². The standard InChI is InChI=1S/C21H23N3O5/c1-22-18(25)13-23-19(26)14-29-20(27)12-17(15-8-4-2-5-9-15)24-21(28)16-10-6-3-7-11-16/h2-11,17H,12-14H2,1H3,(H,22,25)(H,23,26)(H,24,28)/t17-/m0/s1. The van der Waals surface area contributed by atoms with Gasteiger partial charge in [-0.05, 0) is 17.7 Å². The van der Waals surface area contributed by atoms with Gasteiger partial charge in [0.1, 0.15) is 0 Å². The zero-order valence-corrected chi connectivity index (χ0v) is 16.0. The molecular weight excluding hydrogens is 374 g/mol. The van der Waals surface area contributed by atoms with Gasteiger partial charge in [-0.2, -0.15) is 0 Å². The number of benzene rings is 2. The number of hydrogen-bond acceptors (Lipinski definition) is 5. The lowest BCUT2D eigenvalue weighted by Crippen LogP contribution is -2.37. The Bertz CT molecular complexity index is 840. The number of likely N-dealkylation sites (N-methyl/N-ethyl adjacent to an activating group) is 1. The zero-order chi connectivity index (χ0) is 21.1. The highest BCUT2D eigenvalue weighted by atomic mass is 16.5. The molecule has 2 aromatic carbocycles. The van der Waals surface area contributed by atoms with Crippen molar-refractivity contribution in [3.05, 3.63) is 71.8 Å². The second kappa shape index (κ2) is 11.2. The summed E-state index contributed by atoms with van der Waals surface area (Å²) >= 11 is 0. The molecule has 29 heavy (non-hydrogen) atoms. The fourth-order valence-corrected chi connectivity index (χ4v) is 2.46. The lowest BCUT2D eigenvalue weighted by atomic mass is 10.0. The maximum absolute atomic E-state index is 12.5. The third-order valence-electron chi connectivity index (χ3n) is 4.00. The minimum atomic E-state index is -0.651. The molecule has 1 atom stereocenters. The molecule has 2 aromatic rings. The molecule has 8 heteroatoms. The first-order valence-corrected chi connectivity index (χ1v) is 9.03. The second-order valence-corrected chi connectivity index (χ2v) is 6.12. The second-order valence-electron chi connectivity index (χ2n) is 6.12. The van der Waals surface area contributed by atoms with Gasteiger partial charge in [-0.3, -0.25) is 19.2 Å². The topological polar surface area (TPSA) is 114 Å². The van der Waals surface area contributed by atoms with Gasteiger partial charge in [-0.1, -0.05) is 48.5 Å². The quantitative estimate of drug-likeness (QED) is 0.545. The summed E-state index contributed by atoms with van der Waals surface area (Å²) in [5.74, 6) is -1.93. The normalized spacial score (nSPS) is 11.1. The van der Waals surface area contributed by atoms with Crippen LogP contribution in [0.2, 0.25) is 0 Å². The average molecular weight is 397 g/mol. The Hall–Kier alpha value is -3.68. The highest BCUT2D eigenvalue weighted by Crippen LogP contribution is 2.18. The van der Waals surface area contributed by atoms with E-state index in [1.807, 2.05) is 6.07 Å². The van der Waals surface area contributed by atoms with Crippen molar-refractivity contribution in [2.24, 2.45) is 0 Å². The van der Waals surface area contributed by atoms with Gasteiger partial charge < -0.3 is 20.7 Å². The van der Waals surface area contributed by atoms with E-state index >= 15 is 0 Å². The summed E-state index contributed by atoms with van der Waals surface area (Å²) in [6, 6.07) is 17.0. The summed E-state index contributed by atoms with van der Waals surface area (Å²) in [4.78, 5) is 47.4. The fourth-order valence-electron chi connectivity index (χ4n) is 2.46. The number of nitrogens with one attached hydrogen (secondary N) is 3. The van der Waals surface area contributed by atoms with Crippen molar-refractivity contribution in [3.8, 4) is 0 Å². The van der Waals surface area contributed by atoms with E-state index < -0.39 is 24.5 Å². The zero-order valence-electron chi connectivity index (χ0n) is 16.0. The summed E-state index contributed by atoms with van der Waals surface area (Å²) in [5, 5.41) is 7.51. The van der Waals surface area contributed by atoms with Crippen molar-refractivity contribution in [1.29, 1.82) is 0 Å². The van der Waals surface area contributed by atoms with Crippen LogP contribution in [0.4, 0.5) is 0 Å². The van der Waals surface area contributed by atoms with Crippen LogP contribution in [0, 0.1) is 0 Å². The van der Waals surface area contributed by atoms with Crippen molar-refractivity contribution < 1.29 is 23.9 Å². The maximum atomic E-state index is 12.5. The molecule has 0 radical (unpaired) electrons. The molecule has 0 unspecified atom stereocenters. The van der Waals surface area contributed by atoms with Gasteiger partial charge in [0.05, 0.1) is 19.0 Å². The van der Waals surface area contributed by atoms with Gasteiger partial charge in [0.25, 0.3) is 11.8 Å². The average Bonchev–Trinajstić information content (AvgIpc) is 2.76. The van der Waals surface area contributed by atoms with Gasteiger partial charge in [0.15, 0.2) is 6.61 Å². The Morgan fingerprint density at radius 2 is 1.52 bits per heavy atom. The Morgan fingerprint density at radius 3 is 2.14 bits per heavy atom. The molecule has 3 N–H and O–H groups in total. The van der Waals surface area contributed by atoms with Crippen molar-refractivity contribution in [1.82, 2.24) is 16.0 Å². The number of carbonyl (C=O) groups is 4. The fraction of sp³-hybridized carbons (Fsp3) is 0.238. The predicted molar refractivity (Wildman–Crippen MR) is 106 cm³/mol. The summed E-state index contributed by atoms with van der Waals surface area (Å²) in [6.07, 6.45) is -0.148. The first-order valence-electron chi connectivity index (χ1n) is 9.03. The number of rotatable bonds is 9. The smallest absolute Gasteiger partial charge is 0.308 e. The van der Waals surface area contributed by atoms with Crippen LogP contribution in [-0.2, 0) is 19.1 Å². The molecule has 0 saturated carbocycles. The molecule has 0 spiro atoms. The Balaban J connectivity index is 1.95. The molecule has 0 saturated heterocycles. The van der Waals surface area contributed by atoms with E-state index in [0.717, 1.165) is 5.56 Å². The van der Waals surface area contributed by atoms with Crippen molar-refractivity contribution in [2.45, 2.75) is 12.5 Å². The van der Waals surface area contributed by atoms with Crippen LogP contribution < -0.4 is 16.0 Å². The monoisotopic (exact) mass is 397 g/mol. The molecular formula is C21H23N3O5. The van der Waals surface area contributed by atoms with E-state index in [9.17, 15) is 19.2 Å². The van der Waals surface area contributed by atoms with Crippen LogP contribution in [0.15, 0.2) is 60.7 Å². The van der Waals surface area contributed by atoms with E-state index in [2.05, 4.69) is 16.0 Å². The van der Waals surface area contributed by atoms with Gasteiger partial charge >= 0.3 is 5.97 Å².